The van der Waals surface area contributed by atoms with Gasteiger partial charge in [-0.2, -0.15) is 0 Å². The normalized spacial score (nSPS) is 14.0. The Morgan fingerprint density at radius 2 is 1.60 bits per heavy atom. The first-order valence-corrected chi connectivity index (χ1v) is 11.3. The Morgan fingerprint density at radius 1 is 0.857 bits per heavy atom. The Morgan fingerprint density at radius 3 is 2.23 bits per heavy atom. The first kappa shape index (κ1) is 24.9. The molecule has 0 spiro atoms. The fourth-order valence-corrected chi connectivity index (χ4v) is 4.63. The maximum atomic E-state index is 6.54. The molecule has 3 heterocycles. The molecule has 5 aromatic rings. The number of benzene rings is 2. The maximum Gasteiger partial charge on any atom is 0.107 e. The van der Waals surface area contributed by atoms with Crippen LogP contribution in [0.15, 0.2) is 85.5 Å². The Hall–Kier alpha value is -3.25. The minimum absolute atomic E-state index is 0. The molecule has 2 aromatic carbocycles. The molecule has 178 valence electrons. The SMILES string of the molecule is Cl.Cl.Cn1cnc(-c2cc3cc(-c4ccccc4)c(-c4ccc(C5(N)CCC5)cc4)nc3cn2)c1. The summed E-state index contributed by atoms with van der Waals surface area (Å²) in [5.41, 5.74) is 14.4. The second-order valence-electron chi connectivity index (χ2n) is 9.02. The first-order valence-electron chi connectivity index (χ1n) is 11.3. The van der Waals surface area contributed by atoms with Gasteiger partial charge in [-0.1, -0.05) is 54.6 Å². The molecular formula is C28H27Cl2N5. The van der Waals surface area contributed by atoms with Crippen molar-refractivity contribution < 1.29 is 0 Å². The number of hydrogen-bond acceptors (Lipinski definition) is 4. The number of aromatic nitrogens is 4. The molecule has 1 aliphatic carbocycles. The van der Waals surface area contributed by atoms with Crippen molar-refractivity contribution in [1.82, 2.24) is 19.5 Å². The molecule has 0 amide bonds. The van der Waals surface area contributed by atoms with Crippen molar-refractivity contribution in [2.24, 2.45) is 12.8 Å². The van der Waals surface area contributed by atoms with Gasteiger partial charge in [0.2, 0.25) is 0 Å². The largest absolute Gasteiger partial charge is 0.340 e. The fraction of sp³-hybridized carbons (Fsp3) is 0.179. The van der Waals surface area contributed by atoms with E-state index in [2.05, 4.69) is 70.6 Å². The number of hydrogen-bond donors (Lipinski definition) is 1. The lowest BCUT2D eigenvalue weighted by Gasteiger charge is -2.38. The van der Waals surface area contributed by atoms with E-state index in [1.807, 2.05) is 30.1 Å². The third-order valence-electron chi connectivity index (χ3n) is 6.73. The lowest BCUT2D eigenvalue weighted by molar-refractivity contribution is 0.253. The van der Waals surface area contributed by atoms with Crippen molar-refractivity contribution in [2.45, 2.75) is 24.8 Å². The number of pyridine rings is 2. The molecule has 1 aliphatic rings. The van der Waals surface area contributed by atoms with Crippen molar-refractivity contribution >= 4 is 35.7 Å². The number of halogens is 2. The van der Waals surface area contributed by atoms with Crippen LogP contribution in [0.25, 0.3) is 44.7 Å². The van der Waals surface area contributed by atoms with Crippen LogP contribution >= 0.6 is 24.8 Å². The van der Waals surface area contributed by atoms with Gasteiger partial charge in [0.05, 0.1) is 29.4 Å². The van der Waals surface area contributed by atoms with Crippen molar-refractivity contribution in [3.63, 3.8) is 0 Å². The van der Waals surface area contributed by atoms with Gasteiger partial charge in [0.15, 0.2) is 0 Å². The van der Waals surface area contributed by atoms with E-state index in [1.54, 1.807) is 6.33 Å². The number of nitrogens with two attached hydrogens (primary N) is 1. The molecule has 5 nitrogen and oxygen atoms in total. The summed E-state index contributed by atoms with van der Waals surface area (Å²) < 4.78 is 1.93. The second kappa shape index (κ2) is 9.78. The predicted molar refractivity (Wildman–Crippen MR) is 147 cm³/mol. The van der Waals surface area contributed by atoms with Crippen LogP contribution in [0, 0.1) is 0 Å². The van der Waals surface area contributed by atoms with Gasteiger partial charge in [-0.25, -0.2) is 9.97 Å². The third-order valence-corrected chi connectivity index (χ3v) is 6.73. The monoisotopic (exact) mass is 503 g/mol. The van der Waals surface area contributed by atoms with Crippen molar-refractivity contribution in [3.8, 4) is 33.8 Å². The summed E-state index contributed by atoms with van der Waals surface area (Å²) in [7, 11) is 1.96. The minimum atomic E-state index is -0.163. The van der Waals surface area contributed by atoms with Crippen molar-refractivity contribution in [1.29, 1.82) is 0 Å². The van der Waals surface area contributed by atoms with E-state index < -0.39 is 0 Å². The van der Waals surface area contributed by atoms with Gasteiger partial charge in [0, 0.05) is 35.3 Å². The number of nitrogens with zero attached hydrogens (tertiary/aromatic N) is 4. The molecule has 6 rings (SSSR count). The van der Waals surface area contributed by atoms with E-state index in [0.717, 1.165) is 57.5 Å². The average Bonchev–Trinajstić information content (AvgIpc) is 3.28. The van der Waals surface area contributed by atoms with E-state index in [1.165, 1.54) is 12.0 Å². The van der Waals surface area contributed by atoms with Crippen LogP contribution in [-0.2, 0) is 12.6 Å². The Labute approximate surface area is 217 Å². The molecule has 35 heavy (non-hydrogen) atoms. The van der Waals surface area contributed by atoms with Gasteiger partial charge in [-0.15, -0.1) is 24.8 Å². The number of imidazole rings is 1. The Kier molecular flexibility index (Phi) is 6.95. The van der Waals surface area contributed by atoms with Gasteiger partial charge in [0.1, 0.15) is 5.69 Å². The second-order valence-corrected chi connectivity index (χ2v) is 9.02. The number of rotatable bonds is 4. The summed E-state index contributed by atoms with van der Waals surface area (Å²) in [5, 5.41) is 1.04. The molecule has 0 bridgehead atoms. The number of fused-ring (bicyclic) bond motifs is 1. The van der Waals surface area contributed by atoms with Gasteiger partial charge >= 0.3 is 0 Å². The van der Waals surface area contributed by atoms with E-state index in [9.17, 15) is 0 Å². The van der Waals surface area contributed by atoms with Crippen LogP contribution < -0.4 is 5.73 Å². The first-order chi connectivity index (χ1) is 16.1. The van der Waals surface area contributed by atoms with E-state index in [-0.39, 0.29) is 30.4 Å². The summed E-state index contributed by atoms with van der Waals surface area (Å²) in [6, 6.07) is 23.3. The molecule has 3 aromatic heterocycles. The van der Waals surface area contributed by atoms with Crippen molar-refractivity contribution in [3.05, 3.63) is 91.0 Å². The quantitative estimate of drug-likeness (QED) is 0.302. The lowest BCUT2D eigenvalue weighted by Crippen LogP contribution is -2.43. The van der Waals surface area contributed by atoms with Crippen LogP contribution in [-0.4, -0.2) is 19.5 Å². The molecule has 2 N–H and O–H groups in total. The fourth-order valence-electron chi connectivity index (χ4n) is 4.63. The molecule has 1 fully saturated rings. The lowest BCUT2D eigenvalue weighted by atomic mass is 9.72. The number of aryl methyl sites for hydroxylation is 1. The zero-order valence-corrected chi connectivity index (χ0v) is 21.0. The molecule has 0 aliphatic heterocycles. The standard InChI is InChI=1S/C28H25N5.2ClH/c1-33-17-26(31-18-33)24-15-21-14-23(19-6-3-2-4-7-19)27(32-25(21)16-30-24)20-8-10-22(11-9-20)28(29)12-5-13-28;;/h2-4,6-11,14-18H,5,12-13,29H2,1H3;2*1H. The van der Waals surface area contributed by atoms with Crippen LogP contribution in [0.5, 0.6) is 0 Å². The average molecular weight is 504 g/mol. The van der Waals surface area contributed by atoms with Crippen LogP contribution in [0.4, 0.5) is 0 Å². The third kappa shape index (κ3) is 4.55. The molecular weight excluding hydrogens is 477 g/mol. The summed E-state index contributed by atoms with van der Waals surface area (Å²) in [6.07, 6.45) is 8.92. The minimum Gasteiger partial charge on any atom is -0.340 e. The van der Waals surface area contributed by atoms with E-state index in [4.69, 9.17) is 10.7 Å². The molecule has 0 atom stereocenters. The maximum absolute atomic E-state index is 6.54. The highest BCUT2D eigenvalue weighted by atomic mass is 35.5. The zero-order valence-electron chi connectivity index (χ0n) is 19.4. The smallest absolute Gasteiger partial charge is 0.107 e. The van der Waals surface area contributed by atoms with Crippen LogP contribution in [0.2, 0.25) is 0 Å². The molecule has 1 saturated carbocycles. The van der Waals surface area contributed by atoms with Gasteiger partial charge in [-0.05, 0) is 42.5 Å². The van der Waals surface area contributed by atoms with Gasteiger partial charge in [-0.3, -0.25) is 4.98 Å². The van der Waals surface area contributed by atoms with Gasteiger partial charge < -0.3 is 10.3 Å². The van der Waals surface area contributed by atoms with E-state index >= 15 is 0 Å². The summed E-state index contributed by atoms with van der Waals surface area (Å²) in [4.78, 5) is 14.2. The summed E-state index contributed by atoms with van der Waals surface area (Å²) >= 11 is 0. The van der Waals surface area contributed by atoms with Gasteiger partial charge in [0.25, 0.3) is 0 Å². The summed E-state index contributed by atoms with van der Waals surface area (Å²) in [6.45, 7) is 0. The topological polar surface area (TPSA) is 69.6 Å². The Balaban J connectivity index is 0.00000144. The van der Waals surface area contributed by atoms with E-state index in [0.29, 0.717) is 0 Å². The molecule has 7 heteroatoms. The highest BCUT2D eigenvalue weighted by Gasteiger charge is 2.34. The van der Waals surface area contributed by atoms with Crippen LogP contribution in [0.1, 0.15) is 24.8 Å². The van der Waals surface area contributed by atoms with Crippen LogP contribution in [0.3, 0.4) is 0 Å². The Bertz CT molecular complexity index is 1460. The van der Waals surface area contributed by atoms with Crippen molar-refractivity contribution in [2.75, 3.05) is 0 Å². The zero-order chi connectivity index (χ0) is 22.4. The molecule has 0 unspecified atom stereocenters. The highest BCUT2D eigenvalue weighted by Crippen LogP contribution is 2.40. The summed E-state index contributed by atoms with van der Waals surface area (Å²) in [5.74, 6) is 0. The highest BCUT2D eigenvalue weighted by molar-refractivity contribution is 5.92. The molecule has 0 radical (unpaired) electrons. The predicted octanol–water partition coefficient (Wildman–Crippen LogP) is 6.55. The molecule has 0 saturated heterocycles.